The Balaban J connectivity index is 0.0000288. The van der Waals surface area contributed by atoms with Gasteiger partial charge in [-0.3, -0.25) is 33.6 Å². The van der Waals surface area contributed by atoms with Crippen LogP contribution in [0.4, 0.5) is 0 Å². The van der Waals surface area contributed by atoms with E-state index in [9.17, 15) is 89.4 Å². The number of aliphatic carboxylic acids is 1. The van der Waals surface area contributed by atoms with Crippen LogP contribution in [0.1, 0.15) is 66.2 Å². The molecule has 0 spiro atoms. The van der Waals surface area contributed by atoms with Gasteiger partial charge in [-0.25, -0.2) is 0 Å². The van der Waals surface area contributed by atoms with Crippen LogP contribution in [0.2, 0.25) is 0 Å². The predicted octanol–water partition coefficient (Wildman–Crippen LogP) is -13.4. The Morgan fingerprint density at radius 3 is 1.21 bits per heavy atom. The molecule has 3 aliphatic heterocycles. The van der Waals surface area contributed by atoms with Gasteiger partial charge < -0.3 is 150 Å². The summed E-state index contributed by atoms with van der Waals surface area (Å²) in [6.07, 6.45) is -16.4. The number of rotatable bonds is 46. The van der Waals surface area contributed by atoms with E-state index < -0.39 is 190 Å². The number of unbranched alkanes of at least 4 members (excludes halogenated alkanes) is 1. The third-order valence-corrected chi connectivity index (χ3v) is 13.9. The van der Waals surface area contributed by atoms with Crippen molar-refractivity contribution in [3.63, 3.8) is 0 Å². The summed E-state index contributed by atoms with van der Waals surface area (Å²) < 4.78 is 66.0. The van der Waals surface area contributed by atoms with Gasteiger partial charge in [-0.1, -0.05) is 0 Å². The minimum absolute atomic E-state index is 0. The summed E-state index contributed by atoms with van der Waals surface area (Å²) in [5.41, 5.74) is -1.62. The molecule has 3 rings (SSSR count). The molecule has 0 radical (unpaired) electrons. The summed E-state index contributed by atoms with van der Waals surface area (Å²) in [4.78, 5) is 99.6. The summed E-state index contributed by atoms with van der Waals surface area (Å²) in [5.74, 6) is -5.75. The summed E-state index contributed by atoms with van der Waals surface area (Å²) in [7, 11) is 0. The Labute approximate surface area is 553 Å². The van der Waals surface area contributed by atoms with Crippen LogP contribution in [0.5, 0.6) is 0 Å². The van der Waals surface area contributed by atoms with Crippen LogP contribution in [-0.4, -0.2) is 322 Å². The Bertz CT molecular complexity index is 2190. The first-order valence-electron chi connectivity index (χ1n) is 29.7. The van der Waals surface area contributed by atoms with Gasteiger partial charge in [0.05, 0.1) is 99.1 Å². The van der Waals surface area contributed by atoms with E-state index in [-0.39, 0.29) is 148 Å². The van der Waals surface area contributed by atoms with Gasteiger partial charge in [-0.15, -0.1) is 0 Å². The summed E-state index contributed by atoms with van der Waals surface area (Å²) in [6.45, 7) is 0.977. The molecular weight excluding hydrogens is 1250 g/mol. The maximum atomic E-state index is 14.1. The minimum Gasteiger partial charge on any atom is -0.550 e. The molecule has 0 saturated carbocycles. The quantitative estimate of drug-likeness (QED) is 0.0153. The Hall–Kier alpha value is -4.08. The molecule has 3 aliphatic rings. The van der Waals surface area contributed by atoms with Crippen molar-refractivity contribution in [2.24, 2.45) is 0 Å². The van der Waals surface area contributed by atoms with E-state index in [1.165, 1.54) is 27.7 Å². The predicted molar refractivity (Wildman–Crippen MR) is 301 cm³/mol. The van der Waals surface area contributed by atoms with Gasteiger partial charge in [0.15, 0.2) is 18.9 Å². The number of hydrogen-bond acceptors (Lipinski definition) is 30. The van der Waals surface area contributed by atoms with Crippen molar-refractivity contribution in [1.29, 1.82) is 0 Å². The van der Waals surface area contributed by atoms with E-state index in [0.29, 0.717) is 6.42 Å². The summed E-state index contributed by atoms with van der Waals surface area (Å²) >= 11 is 0. The zero-order valence-corrected chi connectivity index (χ0v) is 54.5. The van der Waals surface area contributed by atoms with Crippen molar-refractivity contribution < 1.29 is 176 Å². The Morgan fingerprint density at radius 2 is 0.837 bits per heavy atom. The van der Waals surface area contributed by atoms with Crippen molar-refractivity contribution in [1.82, 2.24) is 37.2 Å². The van der Waals surface area contributed by atoms with Gasteiger partial charge in [0, 0.05) is 33.3 Å². The number of amides is 7. The maximum absolute atomic E-state index is 14.1. The van der Waals surface area contributed by atoms with Crippen molar-refractivity contribution in [2.75, 3.05) is 125 Å². The van der Waals surface area contributed by atoms with E-state index >= 15 is 0 Å². The molecule has 17 atom stereocenters. The number of aliphatic hydroxyl groups excluding tert-OH is 9. The molecule has 16 N–H and O–H groups in total. The second-order valence-electron chi connectivity index (χ2n) is 21.5. The van der Waals surface area contributed by atoms with E-state index in [1.807, 2.05) is 0 Å². The molecule has 0 aromatic carbocycles. The average Bonchev–Trinajstić information content (AvgIpc) is 1.40. The molecule has 37 nitrogen and oxygen atoms in total. The van der Waals surface area contributed by atoms with Crippen molar-refractivity contribution in [2.45, 2.75) is 170 Å². The fraction of sp³-hybridized carbons (Fsp3) is 0.852. The van der Waals surface area contributed by atoms with Gasteiger partial charge in [0.2, 0.25) is 41.4 Å². The fourth-order valence-corrected chi connectivity index (χ4v) is 9.37. The molecule has 526 valence electrons. The van der Waals surface area contributed by atoms with E-state index in [4.69, 9.17) is 56.8 Å². The molecule has 7 amide bonds. The SMILES string of the molecule is CC(=O)N[C@H]1[C@H](OCCOCCOCC(=O)NCCCC[C@H](NC(=O)COCCOCCO[C@@H]2O[C@H](CO)[C@H](O)[C@H](O)[C@H]2NC(C)=O)C(=O)N[C@](C)(CCCC(=O)[O-])NC(=O)COCCOCCO[C@@H]2O[C@H](CO)[C@H](O)[C@H](O)[C@H]2NC(C)=O)O[C@H](CO)[C@H](O)[C@@H]1O.[Na+]. The monoisotopic (exact) mass is 1340 g/mol. The molecular formula is C54H94N7NaO30. The van der Waals surface area contributed by atoms with Crippen LogP contribution in [0.15, 0.2) is 0 Å². The van der Waals surface area contributed by atoms with Gasteiger partial charge >= 0.3 is 29.6 Å². The number of nitrogens with one attached hydrogen (secondary N) is 7. The summed E-state index contributed by atoms with van der Waals surface area (Å²) in [5, 5.41) is 120. The van der Waals surface area contributed by atoms with Crippen LogP contribution < -0.4 is 71.9 Å². The fourth-order valence-electron chi connectivity index (χ4n) is 9.37. The number of carbonyl (C=O) groups is 8. The van der Waals surface area contributed by atoms with Crippen LogP contribution in [0.25, 0.3) is 0 Å². The first kappa shape index (κ1) is 84.0. The number of hydrogen-bond donors (Lipinski definition) is 16. The average molecular weight is 1340 g/mol. The van der Waals surface area contributed by atoms with E-state index in [2.05, 4.69) is 37.2 Å². The molecule has 92 heavy (non-hydrogen) atoms. The maximum Gasteiger partial charge on any atom is 1.00 e. The van der Waals surface area contributed by atoms with Crippen LogP contribution in [0, 0.1) is 0 Å². The molecule has 0 bridgehead atoms. The summed E-state index contributed by atoms with van der Waals surface area (Å²) in [6, 6.07) is -4.73. The van der Waals surface area contributed by atoms with Gasteiger partial charge in [0.1, 0.15) is 105 Å². The molecule has 0 aromatic heterocycles. The van der Waals surface area contributed by atoms with Gasteiger partial charge in [-0.2, -0.15) is 0 Å². The molecule has 0 aromatic rings. The largest absolute Gasteiger partial charge is 1.00 e. The first-order valence-corrected chi connectivity index (χ1v) is 29.7. The van der Waals surface area contributed by atoms with Crippen LogP contribution >= 0.6 is 0 Å². The zero-order valence-electron chi connectivity index (χ0n) is 52.5. The first-order chi connectivity index (χ1) is 43.3. The normalized spacial score (nSPS) is 27.2. The van der Waals surface area contributed by atoms with Crippen LogP contribution in [0.3, 0.4) is 0 Å². The third kappa shape index (κ3) is 31.6. The van der Waals surface area contributed by atoms with Crippen LogP contribution in [-0.2, 0) is 95.2 Å². The number of carbonyl (C=O) groups excluding carboxylic acids is 8. The van der Waals surface area contributed by atoms with Gasteiger partial charge in [-0.05, 0) is 45.4 Å². The molecule has 0 aliphatic carbocycles. The number of carboxylic acid groups (broad SMARTS) is 1. The van der Waals surface area contributed by atoms with E-state index in [1.54, 1.807) is 0 Å². The van der Waals surface area contributed by atoms with Crippen molar-refractivity contribution >= 4 is 47.3 Å². The van der Waals surface area contributed by atoms with E-state index in [0.717, 1.165) is 0 Å². The second kappa shape index (κ2) is 46.1. The van der Waals surface area contributed by atoms with Crippen molar-refractivity contribution in [3.05, 3.63) is 0 Å². The standard InChI is InChI=1S/C54H95N7O30.Na/c1-30(65)56-41-47(76)44(73)34(24-62)89-51(41)86-21-18-80-12-15-83-27-37(68)55-11-6-5-8-33(59-38(69)28-84-16-13-81-19-22-87-52-42(57-31(2)66)48(77)45(74)35(25-63)90-52)50(79)61-54(4,10-7-9-40(71)72)60-39(70)29-85-17-14-82-20-23-88-53-43(58-32(3)67)49(78)46(75)36(26-64)91-53;/h33-36,41-49,51-53,62-64,73-78H,5-29H2,1-4H3,(H,55,68)(H,56,65)(H,57,66)(H,58,67)(H,59,69)(H,60,70)(H,61,79)(H,71,72);/q;+1/p-1/t33-,34+,35+,36+,41+,42+,43+,44-,45-,46-,47+,48+,49+,51+,52+,53+,54+;/m0./s1. The number of ether oxygens (including phenoxy) is 12. The smallest absolute Gasteiger partial charge is 0.550 e. The Morgan fingerprint density at radius 1 is 0.478 bits per heavy atom. The third-order valence-electron chi connectivity index (χ3n) is 13.9. The number of aliphatic hydroxyl groups is 9. The minimum atomic E-state index is -1.62. The molecule has 3 saturated heterocycles. The Kier molecular flexibility index (Phi) is 42.1. The van der Waals surface area contributed by atoms with Gasteiger partial charge in [0.25, 0.3) is 0 Å². The molecule has 38 heteroatoms. The molecule has 3 fully saturated rings. The molecule has 3 heterocycles. The molecule has 0 unspecified atom stereocenters. The second-order valence-corrected chi connectivity index (χ2v) is 21.5. The van der Waals surface area contributed by atoms with Crippen molar-refractivity contribution in [3.8, 4) is 0 Å². The topological polar surface area (TPSA) is 537 Å². The zero-order chi connectivity index (χ0) is 67.5. The number of carboxylic acids is 1.